The number of nitrogens with zero attached hydrogens (tertiary/aromatic N) is 2. The third kappa shape index (κ3) is 3.87. The fraction of sp³-hybridized carbons (Fsp3) is 0.318. The molecule has 1 saturated heterocycles. The van der Waals surface area contributed by atoms with Crippen LogP contribution in [0.15, 0.2) is 53.0 Å². The van der Waals surface area contributed by atoms with Crippen LogP contribution in [0, 0.1) is 0 Å². The molecule has 6 heteroatoms. The molecule has 0 saturated carbocycles. The molecule has 1 fully saturated rings. The van der Waals surface area contributed by atoms with Gasteiger partial charge in [0.05, 0.1) is 0 Å². The number of likely N-dealkylation sites (tertiary alicyclic amines) is 1. The van der Waals surface area contributed by atoms with Crippen LogP contribution in [-0.2, 0) is 9.59 Å². The Morgan fingerprint density at radius 1 is 1.29 bits per heavy atom. The van der Waals surface area contributed by atoms with Crippen LogP contribution in [0.4, 0.5) is 0 Å². The molecule has 4 nitrogen and oxygen atoms in total. The van der Waals surface area contributed by atoms with Gasteiger partial charge in [-0.05, 0) is 43.0 Å². The Bertz CT molecular complexity index is 955. The number of fused-ring (bicyclic) bond motifs is 1. The maximum atomic E-state index is 12.9. The quantitative estimate of drug-likeness (QED) is 0.545. The van der Waals surface area contributed by atoms with Crippen LogP contribution in [0.3, 0.4) is 0 Å². The highest BCUT2D eigenvalue weighted by Gasteiger charge is 2.38. The average molecular weight is 414 g/mol. The first-order valence-electron chi connectivity index (χ1n) is 9.51. The Balaban J connectivity index is 1.61. The Labute approximate surface area is 174 Å². The topological polar surface area (TPSA) is 40.4 Å². The molecule has 0 spiro atoms. The molecular formula is C22H22ClN2O2S+. The monoisotopic (exact) mass is 413 g/mol. The van der Waals surface area contributed by atoms with Crippen molar-refractivity contribution in [3.8, 4) is 0 Å². The van der Waals surface area contributed by atoms with Gasteiger partial charge in [0.15, 0.2) is 0 Å². The van der Waals surface area contributed by atoms with Crippen molar-refractivity contribution in [3.05, 3.63) is 63.6 Å². The number of hydrogen-bond acceptors (Lipinski definition) is 3. The Hall–Kier alpha value is -2.11. The van der Waals surface area contributed by atoms with Crippen LogP contribution in [-0.4, -0.2) is 52.4 Å². The van der Waals surface area contributed by atoms with Crippen LogP contribution in [0.1, 0.15) is 24.8 Å². The summed E-state index contributed by atoms with van der Waals surface area (Å²) in [5.41, 5.74) is 2.42. The number of allylic oxidation sites excluding steroid dienone is 1. The van der Waals surface area contributed by atoms with Crippen molar-refractivity contribution in [2.24, 2.45) is 0 Å². The number of thioether (sulfide) groups is 1. The zero-order chi connectivity index (χ0) is 19.7. The van der Waals surface area contributed by atoms with E-state index in [-0.39, 0.29) is 17.1 Å². The fourth-order valence-corrected chi connectivity index (χ4v) is 5.11. The molecule has 2 heterocycles. The molecule has 28 heavy (non-hydrogen) atoms. The molecule has 1 aromatic rings. The Morgan fingerprint density at radius 3 is 2.82 bits per heavy atom. The minimum atomic E-state index is -0.0625. The van der Waals surface area contributed by atoms with E-state index in [0.29, 0.717) is 15.5 Å². The first-order chi connectivity index (χ1) is 13.5. The van der Waals surface area contributed by atoms with Gasteiger partial charge in [0.1, 0.15) is 17.2 Å². The second-order valence-electron chi connectivity index (χ2n) is 7.20. The number of halogens is 1. The van der Waals surface area contributed by atoms with E-state index < -0.39 is 0 Å². The SMILES string of the molecule is C[N+]1=C2C=C(C(=O)N3CCCCC3)C=CC2S/C(=C\c2cccc(Cl)c2)C1=O. The van der Waals surface area contributed by atoms with E-state index in [1.165, 1.54) is 18.2 Å². The molecule has 0 N–H and O–H groups in total. The number of likely N-dealkylation sites (N-methyl/N-ethyl adjacent to an activating group) is 1. The number of carbonyl (C=O) groups excluding carboxylic acids is 2. The molecule has 1 aliphatic carbocycles. The predicted molar refractivity (Wildman–Crippen MR) is 115 cm³/mol. The van der Waals surface area contributed by atoms with E-state index in [4.69, 9.17) is 11.6 Å². The van der Waals surface area contributed by atoms with Crippen molar-refractivity contribution in [1.82, 2.24) is 4.90 Å². The summed E-state index contributed by atoms with van der Waals surface area (Å²) in [5, 5.41) is 0.663. The summed E-state index contributed by atoms with van der Waals surface area (Å²) in [6.45, 7) is 1.64. The normalized spacial score (nSPS) is 23.7. The first-order valence-corrected chi connectivity index (χ1v) is 10.8. The number of piperidine rings is 1. The van der Waals surface area contributed by atoms with Gasteiger partial charge in [0.25, 0.3) is 5.91 Å². The highest BCUT2D eigenvalue weighted by Crippen LogP contribution is 2.34. The molecular weight excluding hydrogens is 392 g/mol. The van der Waals surface area contributed by atoms with Crippen LogP contribution in [0.2, 0.25) is 5.02 Å². The van der Waals surface area contributed by atoms with Crippen molar-refractivity contribution in [3.63, 3.8) is 0 Å². The van der Waals surface area contributed by atoms with Gasteiger partial charge < -0.3 is 4.90 Å². The van der Waals surface area contributed by atoms with Crippen LogP contribution in [0.5, 0.6) is 0 Å². The maximum absolute atomic E-state index is 12.9. The van der Waals surface area contributed by atoms with Crippen molar-refractivity contribution in [2.45, 2.75) is 24.5 Å². The van der Waals surface area contributed by atoms with Crippen molar-refractivity contribution in [1.29, 1.82) is 0 Å². The molecule has 144 valence electrons. The zero-order valence-electron chi connectivity index (χ0n) is 15.7. The van der Waals surface area contributed by atoms with E-state index in [9.17, 15) is 9.59 Å². The summed E-state index contributed by atoms with van der Waals surface area (Å²) in [5.74, 6) is 0.000521. The second-order valence-corrected chi connectivity index (χ2v) is 8.82. The molecule has 4 rings (SSSR count). The number of amides is 2. The smallest absolute Gasteiger partial charge is 0.339 e. The van der Waals surface area contributed by atoms with Gasteiger partial charge >= 0.3 is 5.91 Å². The highest BCUT2D eigenvalue weighted by molar-refractivity contribution is 8.05. The molecule has 2 amide bonds. The van der Waals surface area contributed by atoms with E-state index >= 15 is 0 Å². The third-order valence-corrected chi connectivity index (χ3v) is 6.67. The van der Waals surface area contributed by atoms with Crippen LogP contribution in [0.25, 0.3) is 6.08 Å². The predicted octanol–water partition coefficient (Wildman–Crippen LogP) is 3.91. The first kappa shape index (κ1) is 19.2. The molecule has 3 aliphatic rings. The van der Waals surface area contributed by atoms with Crippen molar-refractivity contribution in [2.75, 3.05) is 20.1 Å². The van der Waals surface area contributed by atoms with Crippen LogP contribution < -0.4 is 0 Å². The van der Waals surface area contributed by atoms with Gasteiger partial charge in [-0.1, -0.05) is 47.6 Å². The Morgan fingerprint density at radius 2 is 2.07 bits per heavy atom. The molecule has 1 atom stereocenters. The van der Waals surface area contributed by atoms with Gasteiger partial charge in [0.2, 0.25) is 5.71 Å². The average Bonchev–Trinajstić information content (AvgIpc) is 2.72. The lowest BCUT2D eigenvalue weighted by atomic mass is 10.0. The number of carbonyl (C=O) groups is 2. The van der Waals surface area contributed by atoms with Gasteiger partial charge in [0, 0.05) is 29.8 Å². The minimum absolute atomic E-state index is 0.0195. The summed E-state index contributed by atoms with van der Waals surface area (Å²) < 4.78 is 1.66. The van der Waals surface area contributed by atoms with E-state index in [1.807, 2.05) is 53.5 Å². The lowest BCUT2D eigenvalue weighted by molar-refractivity contribution is -0.413. The van der Waals surface area contributed by atoms with E-state index in [2.05, 4.69) is 0 Å². The minimum Gasteiger partial charge on any atom is -0.339 e. The zero-order valence-corrected chi connectivity index (χ0v) is 17.3. The Kier molecular flexibility index (Phi) is 5.56. The highest BCUT2D eigenvalue weighted by atomic mass is 35.5. The summed E-state index contributed by atoms with van der Waals surface area (Å²) in [6.07, 6.45) is 11.0. The summed E-state index contributed by atoms with van der Waals surface area (Å²) >= 11 is 7.57. The molecule has 1 aromatic carbocycles. The molecule has 0 aromatic heterocycles. The van der Waals surface area contributed by atoms with Gasteiger partial charge in [-0.2, -0.15) is 4.58 Å². The number of rotatable bonds is 2. The van der Waals surface area contributed by atoms with Crippen LogP contribution >= 0.6 is 23.4 Å². The molecule has 0 bridgehead atoms. The van der Waals surface area contributed by atoms with Gasteiger partial charge in [-0.25, -0.2) is 4.79 Å². The standard InChI is InChI=1S/C22H22ClN2O2S/c1-24-18-14-16(21(26)25-10-3-2-4-11-25)8-9-19(18)28-20(22(24)27)13-15-6-5-7-17(23)12-15/h5-9,12-14,19H,2-4,10-11H2,1H3/q+1/b20-13-. The van der Waals surface area contributed by atoms with Gasteiger partial charge in [-0.15, -0.1) is 0 Å². The third-order valence-electron chi connectivity index (χ3n) is 5.24. The van der Waals surface area contributed by atoms with Crippen molar-refractivity contribution >= 4 is 47.0 Å². The largest absolute Gasteiger partial charge is 0.425 e. The van der Waals surface area contributed by atoms with Crippen molar-refractivity contribution < 1.29 is 14.2 Å². The van der Waals surface area contributed by atoms with E-state index in [1.54, 1.807) is 11.6 Å². The lowest BCUT2D eigenvalue weighted by Gasteiger charge is -2.28. The number of hydrogen-bond donors (Lipinski definition) is 0. The molecule has 2 aliphatic heterocycles. The molecule has 0 radical (unpaired) electrons. The fourth-order valence-electron chi connectivity index (χ4n) is 3.69. The summed E-state index contributed by atoms with van der Waals surface area (Å²) in [7, 11) is 1.77. The van der Waals surface area contributed by atoms with Gasteiger partial charge in [-0.3, -0.25) is 4.79 Å². The summed E-state index contributed by atoms with van der Waals surface area (Å²) in [4.78, 5) is 28.3. The number of benzene rings is 1. The lowest BCUT2D eigenvalue weighted by Crippen LogP contribution is -2.39. The second kappa shape index (κ2) is 8.10. The maximum Gasteiger partial charge on any atom is 0.425 e. The molecule has 1 unspecified atom stereocenters. The summed E-state index contributed by atoms with van der Waals surface area (Å²) in [6, 6.07) is 7.45. The van der Waals surface area contributed by atoms with E-state index in [0.717, 1.165) is 37.2 Å².